The molecule has 0 unspecified atom stereocenters. The van der Waals surface area contributed by atoms with Crippen LogP contribution in [0.25, 0.3) is 11.0 Å². The minimum Gasteiger partial charge on any atom is -0.309 e. The number of hydrogen-bond donors (Lipinski definition) is 0. The van der Waals surface area contributed by atoms with E-state index in [0.29, 0.717) is 12.3 Å². The van der Waals surface area contributed by atoms with Gasteiger partial charge in [-0.3, -0.25) is 4.79 Å². The van der Waals surface area contributed by atoms with Gasteiger partial charge < -0.3 is 4.90 Å². The maximum absolute atomic E-state index is 12.8. The summed E-state index contributed by atoms with van der Waals surface area (Å²) in [4.78, 5) is 19.8. The quantitative estimate of drug-likeness (QED) is 0.546. The Labute approximate surface area is 144 Å². The molecule has 5 heteroatoms. The van der Waals surface area contributed by atoms with Gasteiger partial charge in [-0.25, -0.2) is 9.67 Å². The largest absolute Gasteiger partial charge is 0.309 e. The van der Waals surface area contributed by atoms with E-state index in [0.717, 1.165) is 41.7 Å². The van der Waals surface area contributed by atoms with Crippen molar-refractivity contribution in [3.63, 3.8) is 0 Å². The Morgan fingerprint density at radius 2 is 2.08 bits per heavy atom. The normalized spacial score (nSPS) is 14.9. The van der Waals surface area contributed by atoms with Crippen LogP contribution in [0.1, 0.15) is 74.0 Å². The number of carbonyl (C=O) groups is 1. The molecule has 0 radical (unpaired) electrons. The molecule has 1 fully saturated rings. The van der Waals surface area contributed by atoms with Crippen LogP contribution in [-0.4, -0.2) is 46.1 Å². The first-order chi connectivity index (χ1) is 11.5. The van der Waals surface area contributed by atoms with E-state index >= 15 is 0 Å². The molecule has 2 heterocycles. The van der Waals surface area contributed by atoms with E-state index in [1.165, 1.54) is 12.8 Å². The lowest BCUT2D eigenvalue weighted by atomic mass is 10.0. The number of unbranched alkanes of at least 4 members (excludes halogenated alkanes) is 1. The highest BCUT2D eigenvalue weighted by molar-refractivity contribution is 6.06. The molecule has 24 heavy (non-hydrogen) atoms. The average molecular weight is 328 g/mol. The molecule has 0 atom stereocenters. The predicted molar refractivity (Wildman–Crippen MR) is 96.6 cm³/mol. The van der Waals surface area contributed by atoms with Crippen molar-refractivity contribution in [2.24, 2.45) is 0 Å². The lowest BCUT2D eigenvalue weighted by Gasteiger charge is -2.11. The van der Waals surface area contributed by atoms with Crippen LogP contribution in [0, 0.1) is 0 Å². The molecule has 2 aromatic heterocycles. The van der Waals surface area contributed by atoms with Crippen molar-refractivity contribution in [1.29, 1.82) is 0 Å². The molecule has 0 amide bonds. The van der Waals surface area contributed by atoms with Crippen LogP contribution in [0.2, 0.25) is 0 Å². The van der Waals surface area contributed by atoms with E-state index in [2.05, 4.69) is 37.9 Å². The minimum atomic E-state index is 0.228. The van der Waals surface area contributed by atoms with Gasteiger partial charge in [0, 0.05) is 35.0 Å². The molecule has 0 saturated heterocycles. The van der Waals surface area contributed by atoms with Crippen molar-refractivity contribution in [2.45, 2.75) is 57.9 Å². The Morgan fingerprint density at radius 3 is 2.71 bits per heavy atom. The molecular weight excluding hydrogens is 300 g/mol. The minimum absolute atomic E-state index is 0.228. The summed E-state index contributed by atoms with van der Waals surface area (Å²) in [6.45, 7) is 5.22. The van der Waals surface area contributed by atoms with E-state index in [4.69, 9.17) is 4.98 Å². The Bertz CT molecular complexity index is 728. The molecule has 1 aliphatic rings. The van der Waals surface area contributed by atoms with Gasteiger partial charge in [0.1, 0.15) is 0 Å². The van der Waals surface area contributed by atoms with Gasteiger partial charge in [0.2, 0.25) is 0 Å². The molecular formula is C19H28N4O. The third-order valence-electron chi connectivity index (χ3n) is 4.63. The number of hydrogen-bond acceptors (Lipinski definition) is 4. The highest BCUT2D eigenvalue weighted by atomic mass is 16.1. The number of aromatic nitrogens is 3. The Kier molecular flexibility index (Phi) is 4.99. The third kappa shape index (κ3) is 3.66. The maximum atomic E-state index is 12.8. The fourth-order valence-corrected chi connectivity index (χ4v) is 3.08. The first-order valence-electron chi connectivity index (χ1n) is 9.03. The van der Waals surface area contributed by atoms with Gasteiger partial charge in [0.05, 0.1) is 6.20 Å². The van der Waals surface area contributed by atoms with Gasteiger partial charge in [-0.2, -0.15) is 5.10 Å². The molecule has 0 bridgehead atoms. The van der Waals surface area contributed by atoms with Crippen LogP contribution in [0.15, 0.2) is 12.3 Å². The monoisotopic (exact) mass is 328 g/mol. The van der Waals surface area contributed by atoms with Crippen molar-refractivity contribution in [3.8, 4) is 0 Å². The fourth-order valence-electron chi connectivity index (χ4n) is 3.08. The molecule has 0 aliphatic heterocycles. The average Bonchev–Trinajstić information content (AvgIpc) is 3.29. The highest BCUT2D eigenvalue weighted by Gasteiger charge is 2.28. The Morgan fingerprint density at radius 1 is 1.33 bits per heavy atom. The highest BCUT2D eigenvalue weighted by Crippen LogP contribution is 2.40. The van der Waals surface area contributed by atoms with E-state index in [-0.39, 0.29) is 11.8 Å². The molecule has 3 rings (SSSR count). The van der Waals surface area contributed by atoms with Crippen molar-refractivity contribution in [2.75, 3.05) is 20.6 Å². The zero-order valence-corrected chi connectivity index (χ0v) is 15.2. The first kappa shape index (κ1) is 17.1. The molecule has 5 nitrogen and oxygen atoms in total. The summed E-state index contributed by atoms with van der Waals surface area (Å²) in [5.41, 5.74) is 2.76. The topological polar surface area (TPSA) is 51.0 Å². The molecule has 0 aromatic carbocycles. The number of ketones is 1. The molecule has 0 spiro atoms. The van der Waals surface area contributed by atoms with E-state index < -0.39 is 0 Å². The first-order valence-corrected chi connectivity index (χ1v) is 9.03. The Balaban J connectivity index is 1.87. The molecule has 0 N–H and O–H groups in total. The van der Waals surface area contributed by atoms with Gasteiger partial charge >= 0.3 is 0 Å². The van der Waals surface area contributed by atoms with Crippen LogP contribution in [-0.2, 0) is 0 Å². The number of rotatable bonds is 8. The van der Waals surface area contributed by atoms with E-state index in [1.807, 2.05) is 16.9 Å². The summed E-state index contributed by atoms with van der Waals surface area (Å²) in [5, 5.41) is 5.38. The summed E-state index contributed by atoms with van der Waals surface area (Å²) < 4.78 is 1.93. The number of carbonyl (C=O) groups excluding carboxylic acids is 1. The van der Waals surface area contributed by atoms with Gasteiger partial charge in [0.25, 0.3) is 0 Å². The fraction of sp³-hybridized carbons (Fsp3) is 0.632. The summed E-state index contributed by atoms with van der Waals surface area (Å²) in [6.07, 6.45) is 6.76. The number of Topliss-reactive ketones (excluding diaryl/α,β-unsaturated/α-hetero) is 1. The van der Waals surface area contributed by atoms with Gasteiger partial charge in [0.15, 0.2) is 11.4 Å². The molecule has 1 saturated carbocycles. The molecule has 130 valence electrons. The summed E-state index contributed by atoms with van der Waals surface area (Å²) >= 11 is 0. The van der Waals surface area contributed by atoms with Gasteiger partial charge in [-0.15, -0.1) is 0 Å². The lowest BCUT2D eigenvalue weighted by molar-refractivity contribution is 0.0980. The van der Waals surface area contributed by atoms with Crippen LogP contribution < -0.4 is 0 Å². The SMILES string of the molecule is CC(C)n1ncc2c(C(=O)CCCCN(C)C)cc(C3CC3)nc21. The van der Waals surface area contributed by atoms with Crippen LogP contribution in [0.5, 0.6) is 0 Å². The molecule has 2 aromatic rings. The summed E-state index contributed by atoms with van der Waals surface area (Å²) in [7, 11) is 4.13. The smallest absolute Gasteiger partial charge is 0.163 e. The second-order valence-electron chi connectivity index (χ2n) is 7.47. The second-order valence-corrected chi connectivity index (χ2v) is 7.47. The van der Waals surface area contributed by atoms with E-state index in [9.17, 15) is 4.79 Å². The van der Waals surface area contributed by atoms with Gasteiger partial charge in [-0.05, 0) is 66.2 Å². The summed E-state index contributed by atoms with van der Waals surface area (Å²) in [5.74, 6) is 0.761. The second kappa shape index (κ2) is 7.01. The zero-order valence-electron chi connectivity index (χ0n) is 15.2. The van der Waals surface area contributed by atoms with E-state index in [1.54, 1.807) is 0 Å². The lowest BCUT2D eigenvalue weighted by Crippen LogP contribution is -2.13. The number of fused-ring (bicyclic) bond motifs is 1. The maximum Gasteiger partial charge on any atom is 0.163 e. The number of pyridine rings is 1. The Hall–Kier alpha value is -1.75. The standard InChI is InChI=1S/C19H28N4O/c1-13(2)23-19-16(12-20-23)15(11-17(21-19)14-8-9-14)18(24)7-5-6-10-22(3)4/h11-14H,5-10H2,1-4H3. The van der Waals surface area contributed by atoms with Crippen LogP contribution in [0.3, 0.4) is 0 Å². The number of nitrogens with zero attached hydrogens (tertiary/aromatic N) is 4. The van der Waals surface area contributed by atoms with Crippen molar-refractivity contribution in [1.82, 2.24) is 19.7 Å². The van der Waals surface area contributed by atoms with Crippen molar-refractivity contribution >= 4 is 16.8 Å². The third-order valence-corrected chi connectivity index (χ3v) is 4.63. The van der Waals surface area contributed by atoms with Gasteiger partial charge in [-0.1, -0.05) is 0 Å². The molecule has 1 aliphatic carbocycles. The summed E-state index contributed by atoms with van der Waals surface area (Å²) in [6, 6.07) is 2.27. The zero-order chi connectivity index (χ0) is 17.3. The van der Waals surface area contributed by atoms with Crippen molar-refractivity contribution < 1.29 is 4.79 Å². The van der Waals surface area contributed by atoms with Crippen molar-refractivity contribution in [3.05, 3.63) is 23.5 Å². The van der Waals surface area contributed by atoms with Crippen LogP contribution in [0.4, 0.5) is 0 Å². The van der Waals surface area contributed by atoms with Crippen LogP contribution >= 0.6 is 0 Å². The predicted octanol–water partition coefficient (Wildman–Crippen LogP) is 3.80.